The van der Waals surface area contributed by atoms with Gasteiger partial charge in [-0.3, -0.25) is 13.9 Å². The Balaban J connectivity index is 1.61. The molecular weight excluding hydrogens is 597 g/mol. The van der Waals surface area contributed by atoms with Gasteiger partial charge in [-0.1, -0.05) is 67.5 Å². The molecular formula is C27H32N7O9P. The van der Waals surface area contributed by atoms with Crippen molar-refractivity contribution in [3.63, 3.8) is 0 Å². The first kappa shape index (κ1) is 32.6. The minimum Gasteiger partial charge on any atom is -0.460 e. The summed E-state index contributed by atoms with van der Waals surface area (Å²) in [5.41, 5.74) is 12.2. The SMILES string of the molecule is CC(C)[C@H](NP(=O)(OC[C@@]1(N=[N+]=[N-])O[C@@H](n2ccc(N)nc2=O)[C@H](O)[C@@H]1O)Oc1ccccc1)C(=O)OCc1ccccc1. The number of nitrogens with one attached hydrogen (secondary N) is 1. The lowest BCUT2D eigenvalue weighted by molar-refractivity contribution is -0.148. The highest BCUT2D eigenvalue weighted by Crippen LogP contribution is 2.48. The number of aliphatic hydroxyl groups is 2. The minimum absolute atomic E-state index is 0.0477. The lowest BCUT2D eigenvalue weighted by Gasteiger charge is -2.31. The number of anilines is 1. The fourth-order valence-electron chi connectivity index (χ4n) is 4.27. The predicted molar refractivity (Wildman–Crippen MR) is 156 cm³/mol. The van der Waals surface area contributed by atoms with E-state index >= 15 is 0 Å². The lowest BCUT2D eigenvalue weighted by Crippen LogP contribution is -2.46. The smallest absolute Gasteiger partial charge is 0.459 e. The van der Waals surface area contributed by atoms with E-state index in [1.54, 1.807) is 56.3 Å². The van der Waals surface area contributed by atoms with Crippen molar-refractivity contribution in [1.82, 2.24) is 14.6 Å². The Kier molecular flexibility index (Phi) is 10.4. The number of esters is 1. The van der Waals surface area contributed by atoms with E-state index < -0.39 is 62.1 Å². The monoisotopic (exact) mass is 629 g/mol. The van der Waals surface area contributed by atoms with Gasteiger partial charge in [0.15, 0.2) is 6.23 Å². The van der Waals surface area contributed by atoms with Gasteiger partial charge in [0.05, 0.1) is 6.61 Å². The zero-order chi connectivity index (χ0) is 31.9. The van der Waals surface area contributed by atoms with Gasteiger partial charge in [-0.05, 0) is 35.2 Å². The van der Waals surface area contributed by atoms with E-state index in [4.69, 9.17) is 24.3 Å². The molecule has 2 heterocycles. The number of benzene rings is 2. The molecule has 4 rings (SSSR count). The van der Waals surface area contributed by atoms with Crippen molar-refractivity contribution in [2.75, 3.05) is 12.3 Å². The number of ether oxygens (including phenoxy) is 2. The van der Waals surface area contributed by atoms with Crippen LogP contribution in [0.1, 0.15) is 25.6 Å². The molecule has 1 unspecified atom stereocenters. The Labute approximate surface area is 251 Å². The first-order chi connectivity index (χ1) is 21.0. The van der Waals surface area contributed by atoms with E-state index in [2.05, 4.69) is 20.1 Å². The molecule has 0 bridgehead atoms. The van der Waals surface area contributed by atoms with Crippen LogP contribution in [0.3, 0.4) is 0 Å². The second kappa shape index (κ2) is 14.0. The second-order valence-corrected chi connectivity index (χ2v) is 11.8. The fourth-order valence-corrected chi connectivity index (χ4v) is 5.95. The van der Waals surface area contributed by atoms with Gasteiger partial charge in [-0.15, -0.1) is 0 Å². The number of nitrogens with zero attached hydrogens (tertiary/aromatic N) is 5. The fraction of sp³-hybridized carbons (Fsp3) is 0.370. The largest absolute Gasteiger partial charge is 0.460 e. The lowest BCUT2D eigenvalue weighted by atomic mass is 10.1. The van der Waals surface area contributed by atoms with Gasteiger partial charge in [0.25, 0.3) is 0 Å². The average molecular weight is 630 g/mol. The van der Waals surface area contributed by atoms with E-state index in [1.807, 2.05) is 6.07 Å². The Bertz CT molecular complexity index is 1590. The Morgan fingerprint density at radius 3 is 2.48 bits per heavy atom. The summed E-state index contributed by atoms with van der Waals surface area (Å²) in [5.74, 6) is -1.25. The molecule has 16 nitrogen and oxygen atoms in total. The van der Waals surface area contributed by atoms with Crippen molar-refractivity contribution in [1.29, 1.82) is 0 Å². The van der Waals surface area contributed by atoms with Crippen LogP contribution in [0.2, 0.25) is 0 Å². The number of azide groups is 1. The quantitative estimate of drug-likeness (QED) is 0.0702. The molecule has 44 heavy (non-hydrogen) atoms. The summed E-state index contributed by atoms with van der Waals surface area (Å²) in [4.78, 5) is 31.8. The van der Waals surface area contributed by atoms with Crippen molar-refractivity contribution >= 4 is 19.5 Å². The molecule has 234 valence electrons. The average Bonchev–Trinajstić information content (AvgIpc) is 3.24. The number of hydrogen-bond donors (Lipinski definition) is 4. The van der Waals surface area contributed by atoms with Crippen LogP contribution >= 0.6 is 7.75 Å². The molecule has 17 heteroatoms. The number of nitrogen functional groups attached to an aromatic ring is 1. The maximum Gasteiger partial charge on any atom is 0.459 e. The highest BCUT2D eigenvalue weighted by molar-refractivity contribution is 7.52. The topological polar surface area (TPSA) is 233 Å². The van der Waals surface area contributed by atoms with Gasteiger partial charge in [0, 0.05) is 11.1 Å². The van der Waals surface area contributed by atoms with E-state index in [0.717, 1.165) is 16.3 Å². The van der Waals surface area contributed by atoms with Gasteiger partial charge in [-0.2, -0.15) is 10.1 Å². The Morgan fingerprint density at radius 2 is 1.86 bits per heavy atom. The van der Waals surface area contributed by atoms with E-state index in [1.165, 1.54) is 18.2 Å². The molecule has 2 aromatic carbocycles. The summed E-state index contributed by atoms with van der Waals surface area (Å²) in [6, 6.07) is 16.9. The maximum absolute atomic E-state index is 14.2. The molecule has 3 aromatic rings. The van der Waals surface area contributed by atoms with Crippen LogP contribution in [-0.2, 0) is 30.0 Å². The number of nitrogens with two attached hydrogens (primary N) is 1. The zero-order valence-electron chi connectivity index (χ0n) is 23.7. The maximum atomic E-state index is 14.2. The number of carbonyl (C=O) groups is 1. The first-order valence-electron chi connectivity index (χ1n) is 13.4. The third-order valence-electron chi connectivity index (χ3n) is 6.59. The number of hydrogen-bond acceptors (Lipinski definition) is 12. The Hall–Kier alpha value is -4.27. The van der Waals surface area contributed by atoms with E-state index in [0.29, 0.717) is 0 Å². The first-order valence-corrected chi connectivity index (χ1v) is 14.9. The summed E-state index contributed by atoms with van der Waals surface area (Å²) >= 11 is 0. The van der Waals surface area contributed by atoms with Gasteiger partial charge in [-0.25, -0.2) is 9.36 Å². The second-order valence-electron chi connectivity index (χ2n) is 10.1. The third kappa shape index (κ3) is 7.62. The molecule has 0 spiro atoms. The third-order valence-corrected chi connectivity index (χ3v) is 8.11. The molecule has 1 aromatic heterocycles. The number of carbonyl (C=O) groups excluding carboxylic acids is 1. The van der Waals surface area contributed by atoms with E-state index in [9.17, 15) is 29.9 Å². The molecule has 0 saturated carbocycles. The molecule has 0 amide bonds. The summed E-state index contributed by atoms with van der Waals surface area (Å²) in [7, 11) is -4.58. The van der Waals surface area contributed by atoms with Crippen molar-refractivity contribution in [2.24, 2.45) is 11.0 Å². The van der Waals surface area contributed by atoms with Crippen molar-refractivity contribution in [2.45, 2.75) is 50.7 Å². The number of rotatable bonds is 13. The normalized spacial score (nSPS) is 23.3. The van der Waals surface area contributed by atoms with Crippen LogP contribution in [0.5, 0.6) is 5.75 Å². The predicted octanol–water partition coefficient (Wildman–Crippen LogP) is 2.64. The molecule has 0 radical (unpaired) electrons. The molecule has 0 aliphatic carbocycles. The van der Waals surface area contributed by atoms with Crippen LogP contribution < -0.4 is 21.0 Å². The summed E-state index contributed by atoms with van der Waals surface area (Å²) in [6.45, 7) is 2.36. The van der Waals surface area contributed by atoms with Crippen LogP contribution in [0, 0.1) is 5.92 Å². The summed E-state index contributed by atoms with van der Waals surface area (Å²) in [6.07, 6.45) is -4.24. The Morgan fingerprint density at radius 1 is 1.20 bits per heavy atom. The molecule has 1 fully saturated rings. The molecule has 6 atom stereocenters. The highest BCUT2D eigenvalue weighted by Gasteiger charge is 2.56. The standard InChI is InChI=1S/C27H32N7O9P/c1-17(2)21(25(37)40-15-18-9-5-3-6-10-18)31-44(39,43-19-11-7-4-8-12-19)41-16-27(32-33-29)23(36)22(35)24(42-27)34-14-13-20(28)30-26(34)38/h3-14,17,21-24,35-36H,15-16H2,1-2H3,(H,31,39)(H2,28,30,38)/t21-,22+,23-,24+,27+,44?/m0/s1. The van der Waals surface area contributed by atoms with Crippen LogP contribution in [0.4, 0.5) is 5.82 Å². The number of para-hydroxylation sites is 1. The molecule has 1 aliphatic heterocycles. The molecule has 1 aliphatic rings. The summed E-state index contributed by atoms with van der Waals surface area (Å²) < 4.78 is 37.5. The van der Waals surface area contributed by atoms with Gasteiger partial charge < -0.3 is 29.9 Å². The molecule has 5 N–H and O–H groups in total. The minimum atomic E-state index is -4.58. The van der Waals surface area contributed by atoms with Crippen molar-refractivity contribution in [3.05, 3.63) is 99.4 Å². The van der Waals surface area contributed by atoms with Gasteiger partial charge in [0.2, 0.25) is 5.72 Å². The number of aliphatic hydroxyl groups excluding tert-OH is 2. The van der Waals surface area contributed by atoms with Crippen LogP contribution in [-0.4, -0.2) is 56.3 Å². The van der Waals surface area contributed by atoms with Crippen molar-refractivity contribution < 1.29 is 38.1 Å². The highest BCUT2D eigenvalue weighted by atomic mass is 31.2. The van der Waals surface area contributed by atoms with E-state index in [-0.39, 0.29) is 18.2 Å². The van der Waals surface area contributed by atoms with Crippen LogP contribution in [0.15, 0.2) is 82.8 Å². The van der Waals surface area contributed by atoms with Gasteiger partial charge in [0.1, 0.15) is 36.4 Å². The zero-order valence-corrected chi connectivity index (χ0v) is 24.6. The molecule has 1 saturated heterocycles. The van der Waals surface area contributed by atoms with Gasteiger partial charge >= 0.3 is 19.4 Å². The van der Waals surface area contributed by atoms with Crippen LogP contribution in [0.25, 0.3) is 10.4 Å². The number of aromatic nitrogens is 2. The summed E-state index contributed by atoms with van der Waals surface area (Å²) in [5, 5.41) is 27.8. The van der Waals surface area contributed by atoms with Crippen molar-refractivity contribution in [3.8, 4) is 5.75 Å².